The number of hydrogen-bond acceptors (Lipinski definition) is 5. The van der Waals surface area contributed by atoms with Gasteiger partial charge in [0.2, 0.25) is 5.91 Å². The molecule has 0 saturated carbocycles. The third-order valence-electron chi connectivity index (χ3n) is 4.60. The van der Waals surface area contributed by atoms with Crippen molar-refractivity contribution in [1.82, 2.24) is 10.0 Å². The quantitative estimate of drug-likeness (QED) is 0.467. The molecule has 3 rings (SSSR count). The van der Waals surface area contributed by atoms with Crippen molar-refractivity contribution in [2.45, 2.75) is 57.5 Å². The van der Waals surface area contributed by atoms with E-state index < -0.39 is 17.8 Å². The first-order valence-corrected chi connectivity index (χ1v) is 12.0. The van der Waals surface area contributed by atoms with Crippen LogP contribution in [0, 0.1) is 11.7 Å². The number of carbonyl (C=O) groups is 2. The summed E-state index contributed by atoms with van der Waals surface area (Å²) in [4.78, 5) is 26.5. The number of nitrogens with one attached hydrogen (secondary N) is 3. The first kappa shape index (κ1) is 26.8. The topological polar surface area (TPSA) is 79.5 Å². The van der Waals surface area contributed by atoms with Gasteiger partial charge >= 0.3 is 0 Å². The largest absolute Gasteiger partial charge is 0.381 e. The predicted molar refractivity (Wildman–Crippen MR) is 132 cm³/mol. The van der Waals surface area contributed by atoms with Crippen molar-refractivity contribution in [3.05, 3.63) is 59.9 Å². The van der Waals surface area contributed by atoms with Gasteiger partial charge in [0.05, 0.1) is 13.2 Å². The molecule has 0 bridgehead atoms. The van der Waals surface area contributed by atoms with Crippen LogP contribution in [-0.2, 0) is 9.53 Å². The molecule has 8 heteroatoms. The first-order valence-electron chi connectivity index (χ1n) is 11.2. The smallest absolute Gasteiger partial charge is 0.251 e. The van der Waals surface area contributed by atoms with Crippen LogP contribution in [0.3, 0.4) is 0 Å². The SMILES string of the molecule is CC.CC(C)(C)NSc1ccc(NC(=O)C(CC2COC2)NC(=O)c2ccc(F)cc2)cc1. The van der Waals surface area contributed by atoms with Gasteiger partial charge in [0, 0.05) is 27.6 Å². The van der Waals surface area contributed by atoms with E-state index in [0.717, 1.165) is 4.90 Å². The fraction of sp³-hybridized carbons (Fsp3) is 0.440. The van der Waals surface area contributed by atoms with Gasteiger partial charge in [-0.2, -0.15) is 0 Å². The summed E-state index contributed by atoms with van der Waals surface area (Å²) in [7, 11) is 0. The van der Waals surface area contributed by atoms with Crippen LogP contribution in [-0.4, -0.2) is 36.6 Å². The number of hydrogen-bond donors (Lipinski definition) is 3. The average Bonchev–Trinajstić information content (AvgIpc) is 2.76. The summed E-state index contributed by atoms with van der Waals surface area (Å²) in [5.74, 6) is -0.917. The summed E-state index contributed by atoms with van der Waals surface area (Å²) in [5, 5.41) is 5.65. The normalized spacial score (nSPS) is 14.4. The Morgan fingerprint density at radius 1 is 1.06 bits per heavy atom. The molecule has 6 nitrogen and oxygen atoms in total. The number of amides is 2. The van der Waals surface area contributed by atoms with Crippen LogP contribution in [0.2, 0.25) is 0 Å². The lowest BCUT2D eigenvalue weighted by atomic mass is 9.97. The van der Waals surface area contributed by atoms with Crippen molar-refractivity contribution in [2.75, 3.05) is 18.5 Å². The zero-order valence-corrected chi connectivity index (χ0v) is 20.7. The van der Waals surface area contributed by atoms with Gasteiger partial charge in [-0.3, -0.25) is 14.3 Å². The third-order valence-corrected chi connectivity index (χ3v) is 5.82. The fourth-order valence-corrected chi connectivity index (χ4v) is 3.57. The maximum atomic E-state index is 13.1. The molecular weight excluding hydrogens is 441 g/mol. The van der Waals surface area contributed by atoms with Crippen molar-refractivity contribution in [3.8, 4) is 0 Å². The Morgan fingerprint density at radius 2 is 1.67 bits per heavy atom. The molecule has 2 amide bonds. The van der Waals surface area contributed by atoms with Gasteiger partial charge in [0.25, 0.3) is 5.91 Å². The molecule has 2 aromatic carbocycles. The number of rotatable bonds is 8. The molecule has 1 saturated heterocycles. The van der Waals surface area contributed by atoms with Crippen molar-refractivity contribution in [3.63, 3.8) is 0 Å². The summed E-state index contributed by atoms with van der Waals surface area (Å²) >= 11 is 1.53. The molecule has 180 valence electrons. The van der Waals surface area contributed by atoms with Crippen LogP contribution in [0.5, 0.6) is 0 Å². The van der Waals surface area contributed by atoms with Gasteiger partial charge in [-0.05, 0) is 87.7 Å². The molecule has 1 atom stereocenters. The molecule has 1 unspecified atom stereocenters. The molecule has 1 aliphatic heterocycles. The van der Waals surface area contributed by atoms with Gasteiger partial charge in [-0.15, -0.1) is 0 Å². The third kappa shape index (κ3) is 9.15. The van der Waals surface area contributed by atoms with E-state index in [9.17, 15) is 14.0 Å². The monoisotopic (exact) mass is 475 g/mol. The van der Waals surface area contributed by atoms with Crippen LogP contribution in [0.15, 0.2) is 53.4 Å². The molecule has 1 fully saturated rings. The van der Waals surface area contributed by atoms with Crippen molar-refractivity contribution in [1.29, 1.82) is 0 Å². The van der Waals surface area contributed by atoms with E-state index in [0.29, 0.717) is 30.9 Å². The molecule has 2 aromatic rings. The van der Waals surface area contributed by atoms with Gasteiger partial charge in [0.1, 0.15) is 11.9 Å². The number of halogens is 1. The predicted octanol–water partition coefficient (Wildman–Crippen LogP) is 5.02. The van der Waals surface area contributed by atoms with E-state index in [1.54, 1.807) is 0 Å². The zero-order chi connectivity index (χ0) is 24.4. The van der Waals surface area contributed by atoms with Crippen LogP contribution >= 0.6 is 11.9 Å². The first-order chi connectivity index (χ1) is 15.7. The highest BCUT2D eigenvalue weighted by Crippen LogP contribution is 2.22. The van der Waals surface area contributed by atoms with Gasteiger partial charge in [-0.25, -0.2) is 4.39 Å². The number of benzene rings is 2. The summed E-state index contributed by atoms with van der Waals surface area (Å²) in [5.41, 5.74) is 0.937. The van der Waals surface area contributed by atoms with Crippen LogP contribution in [0.4, 0.5) is 10.1 Å². The molecule has 33 heavy (non-hydrogen) atoms. The molecule has 3 N–H and O–H groups in total. The number of carbonyl (C=O) groups excluding carboxylic acids is 2. The minimum Gasteiger partial charge on any atom is -0.381 e. The molecule has 1 heterocycles. The maximum absolute atomic E-state index is 13.1. The number of ether oxygens (including phenoxy) is 1. The molecule has 1 aliphatic rings. The highest BCUT2D eigenvalue weighted by atomic mass is 32.2. The van der Waals surface area contributed by atoms with Crippen LogP contribution in [0.1, 0.15) is 51.4 Å². The fourth-order valence-electron chi connectivity index (χ4n) is 2.88. The summed E-state index contributed by atoms with van der Waals surface area (Å²) < 4.78 is 21.7. The van der Waals surface area contributed by atoms with Gasteiger partial charge in [0.15, 0.2) is 0 Å². The lowest BCUT2D eigenvalue weighted by molar-refractivity contribution is -0.119. The summed E-state index contributed by atoms with van der Waals surface area (Å²) in [6.45, 7) is 11.4. The molecule has 0 radical (unpaired) electrons. The average molecular weight is 476 g/mol. The Morgan fingerprint density at radius 3 is 2.18 bits per heavy atom. The second kappa shape index (κ2) is 12.7. The minimum absolute atomic E-state index is 0.0151. The van der Waals surface area contributed by atoms with E-state index >= 15 is 0 Å². The van der Waals surface area contributed by atoms with E-state index in [2.05, 4.69) is 36.1 Å². The second-order valence-corrected chi connectivity index (χ2v) is 9.52. The van der Waals surface area contributed by atoms with E-state index in [1.165, 1.54) is 36.2 Å². The van der Waals surface area contributed by atoms with Crippen molar-refractivity contribution < 1.29 is 18.7 Å². The lowest BCUT2D eigenvalue weighted by Gasteiger charge is -2.29. The van der Waals surface area contributed by atoms with Crippen molar-refractivity contribution >= 4 is 29.4 Å². The van der Waals surface area contributed by atoms with Gasteiger partial charge < -0.3 is 15.4 Å². The zero-order valence-electron chi connectivity index (χ0n) is 19.9. The van der Waals surface area contributed by atoms with E-state index in [1.807, 2.05) is 38.1 Å². The van der Waals surface area contributed by atoms with Crippen molar-refractivity contribution in [2.24, 2.45) is 5.92 Å². The molecular formula is C25H34FN3O3S. The maximum Gasteiger partial charge on any atom is 0.251 e. The Hall–Kier alpha value is -2.42. The number of anilines is 1. The summed E-state index contributed by atoms with van der Waals surface area (Å²) in [6.07, 6.45) is 0.474. The summed E-state index contributed by atoms with van der Waals surface area (Å²) in [6, 6.07) is 12.0. The van der Waals surface area contributed by atoms with Crippen LogP contribution < -0.4 is 15.4 Å². The van der Waals surface area contributed by atoms with E-state index in [-0.39, 0.29) is 17.4 Å². The second-order valence-electron chi connectivity index (χ2n) is 8.64. The van der Waals surface area contributed by atoms with E-state index in [4.69, 9.17) is 4.74 Å². The minimum atomic E-state index is -0.719. The standard InChI is InChI=1S/C23H28FN3O3S.C2H6/c1-23(2,3)27-31-19-10-8-18(9-11-19)25-22(29)20(12-15-13-30-14-15)26-21(28)16-4-6-17(24)7-5-16;1-2/h4-11,15,20,27H,12-14H2,1-3H3,(H,25,29)(H,26,28);1-2H3. The Labute approximate surface area is 200 Å². The van der Waals surface area contributed by atoms with Gasteiger partial charge in [-0.1, -0.05) is 13.8 Å². The molecule has 0 spiro atoms. The highest BCUT2D eigenvalue weighted by molar-refractivity contribution is 7.97. The van der Waals surface area contributed by atoms with Crippen LogP contribution in [0.25, 0.3) is 0 Å². The highest BCUT2D eigenvalue weighted by Gasteiger charge is 2.29. The lowest BCUT2D eigenvalue weighted by Crippen LogP contribution is -2.47. The molecule has 0 aromatic heterocycles. The Bertz CT molecular complexity index is 895. The molecule has 0 aliphatic carbocycles. The Balaban J connectivity index is 0.00000187. The Kier molecular flexibility index (Phi) is 10.3.